The van der Waals surface area contributed by atoms with Gasteiger partial charge in [0, 0.05) is 37.4 Å². The van der Waals surface area contributed by atoms with Gasteiger partial charge in [0.25, 0.3) is 11.7 Å². The van der Waals surface area contributed by atoms with Crippen LogP contribution in [0, 0.1) is 5.82 Å². The minimum atomic E-state index is -1.29. The molecule has 1 spiro atoms. The van der Waals surface area contributed by atoms with Crippen LogP contribution in [0.4, 0.5) is 15.8 Å². The van der Waals surface area contributed by atoms with Crippen molar-refractivity contribution >= 4 is 17.3 Å². The Bertz CT molecular complexity index is 992. The van der Waals surface area contributed by atoms with Gasteiger partial charge in [-0.2, -0.15) is 0 Å². The SMILES string of the molecule is O=C1N(CN2CCN(c3ccc(F)cc3)CC2)c2ccccc2C12OC1CCCCC1O2. The number of nitrogens with zero attached hydrogens (tertiary/aromatic N) is 3. The summed E-state index contributed by atoms with van der Waals surface area (Å²) in [5, 5.41) is 0. The molecule has 4 aliphatic rings. The van der Waals surface area contributed by atoms with Gasteiger partial charge in [0.15, 0.2) is 0 Å². The van der Waals surface area contributed by atoms with Gasteiger partial charge in [-0.05, 0) is 43.2 Å². The highest BCUT2D eigenvalue weighted by Crippen LogP contribution is 2.51. The molecule has 6 rings (SSSR count). The first-order valence-corrected chi connectivity index (χ1v) is 11.6. The second kappa shape index (κ2) is 7.83. The van der Waals surface area contributed by atoms with Crippen molar-refractivity contribution < 1.29 is 18.7 Å². The van der Waals surface area contributed by atoms with Gasteiger partial charge in [-0.1, -0.05) is 31.0 Å². The van der Waals surface area contributed by atoms with Crippen LogP contribution in [0.5, 0.6) is 0 Å². The van der Waals surface area contributed by atoms with Crippen molar-refractivity contribution in [3.63, 3.8) is 0 Å². The molecule has 2 saturated heterocycles. The standard InChI is InChI=1S/C25H28FN3O3/c26-18-9-11-19(12-10-18)28-15-13-27(14-16-28)17-29-21-6-2-1-5-20(21)25(24(29)30)31-22-7-3-4-8-23(22)32-25/h1-2,5-6,9-12,22-23H,3-4,7-8,13-17H2. The average molecular weight is 438 g/mol. The van der Waals surface area contributed by atoms with E-state index in [0.29, 0.717) is 6.67 Å². The maximum Gasteiger partial charge on any atom is 0.293 e. The molecule has 2 unspecified atom stereocenters. The molecule has 0 N–H and O–H groups in total. The number of halogens is 1. The van der Waals surface area contributed by atoms with E-state index in [0.717, 1.165) is 68.8 Å². The Hall–Kier alpha value is -2.48. The topological polar surface area (TPSA) is 45.3 Å². The van der Waals surface area contributed by atoms with E-state index in [1.807, 2.05) is 41.3 Å². The van der Waals surface area contributed by atoms with E-state index < -0.39 is 5.79 Å². The van der Waals surface area contributed by atoms with Crippen molar-refractivity contribution in [1.29, 1.82) is 0 Å². The summed E-state index contributed by atoms with van der Waals surface area (Å²) < 4.78 is 26.0. The molecule has 7 heteroatoms. The molecular formula is C25H28FN3O3. The van der Waals surface area contributed by atoms with Crippen molar-refractivity contribution in [2.24, 2.45) is 0 Å². The second-order valence-electron chi connectivity index (χ2n) is 9.19. The van der Waals surface area contributed by atoms with Crippen LogP contribution in [0.15, 0.2) is 48.5 Å². The largest absolute Gasteiger partial charge is 0.369 e. The number of ether oxygens (including phenoxy) is 2. The van der Waals surface area contributed by atoms with Gasteiger partial charge in [0.1, 0.15) is 5.82 Å². The van der Waals surface area contributed by atoms with Crippen LogP contribution in [0.25, 0.3) is 0 Å². The molecule has 0 radical (unpaired) electrons. The first-order valence-electron chi connectivity index (χ1n) is 11.6. The highest BCUT2D eigenvalue weighted by molar-refractivity contribution is 6.06. The molecule has 0 aromatic heterocycles. The van der Waals surface area contributed by atoms with Gasteiger partial charge in [0.2, 0.25) is 0 Å². The fraction of sp³-hybridized carbons (Fsp3) is 0.480. The monoisotopic (exact) mass is 437 g/mol. The Morgan fingerprint density at radius 1 is 0.906 bits per heavy atom. The lowest BCUT2D eigenvalue weighted by molar-refractivity contribution is -0.190. The van der Waals surface area contributed by atoms with E-state index in [-0.39, 0.29) is 23.9 Å². The molecule has 3 heterocycles. The molecule has 6 nitrogen and oxygen atoms in total. The van der Waals surface area contributed by atoms with Gasteiger partial charge in [-0.15, -0.1) is 0 Å². The molecule has 2 aromatic rings. The van der Waals surface area contributed by atoms with Crippen LogP contribution in [-0.4, -0.2) is 55.9 Å². The van der Waals surface area contributed by atoms with Crippen molar-refractivity contribution in [3.05, 3.63) is 59.9 Å². The van der Waals surface area contributed by atoms with Gasteiger partial charge in [0.05, 0.1) is 24.6 Å². The fourth-order valence-electron chi connectivity index (χ4n) is 5.54. The number of carbonyl (C=O) groups is 1. The lowest BCUT2D eigenvalue weighted by Gasteiger charge is -2.38. The number of hydrogen-bond acceptors (Lipinski definition) is 5. The summed E-state index contributed by atoms with van der Waals surface area (Å²) in [5.41, 5.74) is 2.75. The molecule has 1 aliphatic carbocycles. The quantitative estimate of drug-likeness (QED) is 0.736. The van der Waals surface area contributed by atoms with Gasteiger partial charge < -0.3 is 14.4 Å². The lowest BCUT2D eigenvalue weighted by Crippen LogP contribution is -2.52. The average Bonchev–Trinajstić information content (AvgIpc) is 3.33. The molecule has 0 bridgehead atoms. The number of para-hydroxylation sites is 1. The Labute approximate surface area is 187 Å². The normalized spacial score (nSPS) is 30.1. The van der Waals surface area contributed by atoms with E-state index in [2.05, 4.69) is 9.80 Å². The maximum absolute atomic E-state index is 13.7. The molecule has 2 aromatic carbocycles. The Morgan fingerprint density at radius 2 is 1.56 bits per heavy atom. The van der Waals surface area contributed by atoms with Crippen LogP contribution in [0.3, 0.4) is 0 Å². The van der Waals surface area contributed by atoms with E-state index >= 15 is 0 Å². The third-order valence-corrected chi connectivity index (χ3v) is 7.26. The molecule has 1 amide bonds. The molecule has 2 atom stereocenters. The molecule has 3 aliphatic heterocycles. The molecule has 32 heavy (non-hydrogen) atoms. The third kappa shape index (κ3) is 3.22. The second-order valence-corrected chi connectivity index (χ2v) is 9.19. The number of fused-ring (bicyclic) bond motifs is 3. The fourth-order valence-corrected chi connectivity index (χ4v) is 5.54. The first kappa shape index (κ1) is 20.1. The Balaban J connectivity index is 1.19. The summed E-state index contributed by atoms with van der Waals surface area (Å²) in [4.78, 5) is 20.1. The number of hydrogen-bond donors (Lipinski definition) is 0. The Morgan fingerprint density at radius 3 is 2.25 bits per heavy atom. The zero-order chi connectivity index (χ0) is 21.7. The van der Waals surface area contributed by atoms with E-state index in [1.165, 1.54) is 12.1 Å². The number of benzene rings is 2. The van der Waals surface area contributed by atoms with Gasteiger partial charge in [-0.3, -0.25) is 14.6 Å². The zero-order valence-corrected chi connectivity index (χ0v) is 18.1. The number of piperazine rings is 1. The first-order chi connectivity index (χ1) is 15.6. The van der Waals surface area contributed by atoms with E-state index in [1.54, 1.807) is 0 Å². The van der Waals surface area contributed by atoms with Crippen molar-refractivity contribution in [2.75, 3.05) is 42.6 Å². The predicted molar refractivity (Wildman–Crippen MR) is 119 cm³/mol. The van der Waals surface area contributed by atoms with Crippen molar-refractivity contribution in [3.8, 4) is 0 Å². The van der Waals surface area contributed by atoms with E-state index in [9.17, 15) is 9.18 Å². The highest BCUT2D eigenvalue weighted by atomic mass is 19.1. The minimum Gasteiger partial charge on any atom is -0.369 e. The van der Waals surface area contributed by atoms with Crippen LogP contribution >= 0.6 is 0 Å². The number of rotatable bonds is 3. The summed E-state index contributed by atoms with van der Waals surface area (Å²) in [7, 11) is 0. The van der Waals surface area contributed by atoms with Crippen LogP contribution in [0.1, 0.15) is 31.2 Å². The van der Waals surface area contributed by atoms with Gasteiger partial charge >= 0.3 is 0 Å². The van der Waals surface area contributed by atoms with Crippen molar-refractivity contribution in [2.45, 2.75) is 43.7 Å². The lowest BCUT2D eigenvalue weighted by atomic mass is 9.95. The molecule has 168 valence electrons. The predicted octanol–water partition coefficient (Wildman–Crippen LogP) is 3.46. The molecule has 1 saturated carbocycles. The van der Waals surface area contributed by atoms with Crippen molar-refractivity contribution in [1.82, 2.24) is 4.90 Å². The number of carbonyl (C=O) groups excluding carboxylic acids is 1. The summed E-state index contributed by atoms with van der Waals surface area (Å²) >= 11 is 0. The minimum absolute atomic E-state index is 0.0000369. The molecular weight excluding hydrogens is 409 g/mol. The number of amides is 1. The number of anilines is 2. The summed E-state index contributed by atoms with van der Waals surface area (Å²) in [6.07, 6.45) is 4.15. The van der Waals surface area contributed by atoms with Crippen LogP contribution in [0.2, 0.25) is 0 Å². The third-order valence-electron chi connectivity index (χ3n) is 7.26. The zero-order valence-electron chi connectivity index (χ0n) is 18.1. The molecule has 3 fully saturated rings. The summed E-state index contributed by atoms with van der Waals surface area (Å²) in [5.74, 6) is -1.61. The Kier molecular flexibility index (Phi) is 4.93. The van der Waals surface area contributed by atoms with Crippen LogP contribution in [-0.2, 0) is 20.1 Å². The van der Waals surface area contributed by atoms with Crippen LogP contribution < -0.4 is 9.80 Å². The highest BCUT2D eigenvalue weighted by Gasteiger charge is 2.61. The van der Waals surface area contributed by atoms with E-state index in [4.69, 9.17) is 9.47 Å². The maximum atomic E-state index is 13.7. The summed E-state index contributed by atoms with van der Waals surface area (Å²) in [6.45, 7) is 3.82. The smallest absolute Gasteiger partial charge is 0.293 e. The van der Waals surface area contributed by atoms with Gasteiger partial charge in [-0.25, -0.2) is 4.39 Å². The summed E-state index contributed by atoms with van der Waals surface area (Å²) in [6, 6.07) is 14.5.